The van der Waals surface area contributed by atoms with Gasteiger partial charge in [-0.3, -0.25) is 5.10 Å². The van der Waals surface area contributed by atoms with E-state index in [4.69, 9.17) is 0 Å². The molecule has 6 heteroatoms. The van der Waals surface area contributed by atoms with Crippen LogP contribution in [-0.4, -0.2) is 16.2 Å². The highest BCUT2D eigenvalue weighted by Crippen LogP contribution is 2.32. The van der Waals surface area contributed by atoms with Crippen LogP contribution in [-0.2, 0) is 12.7 Å². The van der Waals surface area contributed by atoms with Gasteiger partial charge in [-0.15, -0.1) is 0 Å². The average molecular weight is 281 g/mol. The molecular formula is C14H14F3N3. The summed E-state index contributed by atoms with van der Waals surface area (Å²) >= 11 is 0. The predicted octanol–water partition coefficient (Wildman–Crippen LogP) is 3.35. The molecular weight excluding hydrogens is 267 g/mol. The molecule has 106 valence electrons. The minimum atomic E-state index is -4.33. The molecule has 0 radical (unpaired) electrons. The Balaban J connectivity index is 1.86. The largest absolute Gasteiger partial charge is 0.416 e. The summed E-state index contributed by atoms with van der Waals surface area (Å²) in [5, 5.41) is 10.1. The van der Waals surface area contributed by atoms with Crippen LogP contribution in [0.2, 0.25) is 0 Å². The van der Waals surface area contributed by atoms with Crippen molar-refractivity contribution in [3.63, 3.8) is 0 Å². The van der Waals surface area contributed by atoms with Crippen molar-refractivity contribution < 1.29 is 13.2 Å². The lowest BCUT2D eigenvalue weighted by atomic mass is 10.0. The van der Waals surface area contributed by atoms with Gasteiger partial charge in [0.15, 0.2) is 0 Å². The molecule has 3 nitrogen and oxygen atoms in total. The third-order valence-corrected chi connectivity index (χ3v) is 3.35. The lowest BCUT2D eigenvalue weighted by Crippen LogP contribution is -2.15. The van der Waals surface area contributed by atoms with Crippen LogP contribution in [0.15, 0.2) is 30.5 Å². The molecule has 1 aromatic carbocycles. The Labute approximate surface area is 114 Å². The van der Waals surface area contributed by atoms with Gasteiger partial charge in [-0.05, 0) is 25.0 Å². The molecule has 0 spiro atoms. The van der Waals surface area contributed by atoms with Crippen LogP contribution in [0.25, 0.3) is 11.3 Å². The average Bonchev–Trinajstić information content (AvgIpc) is 3.12. The van der Waals surface area contributed by atoms with Gasteiger partial charge in [-0.25, -0.2) is 0 Å². The number of alkyl halides is 3. The molecule has 1 aliphatic carbocycles. The van der Waals surface area contributed by atoms with Crippen molar-refractivity contribution >= 4 is 0 Å². The van der Waals surface area contributed by atoms with E-state index in [1.807, 2.05) is 0 Å². The number of aromatic amines is 1. The molecule has 3 rings (SSSR count). The monoisotopic (exact) mass is 281 g/mol. The highest BCUT2D eigenvalue weighted by Gasteiger charge is 2.30. The Kier molecular flexibility index (Phi) is 3.25. The first-order valence-electron chi connectivity index (χ1n) is 6.47. The SMILES string of the molecule is FC(F)(F)c1cccc(-c2[nH]ncc2CNC2CC2)c1. The van der Waals surface area contributed by atoms with Gasteiger partial charge in [-0.1, -0.05) is 12.1 Å². The first-order valence-corrected chi connectivity index (χ1v) is 6.47. The topological polar surface area (TPSA) is 40.7 Å². The second kappa shape index (κ2) is 4.94. The van der Waals surface area contributed by atoms with E-state index in [1.165, 1.54) is 6.07 Å². The summed E-state index contributed by atoms with van der Waals surface area (Å²) in [6.07, 6.45) is -0.346. The predicted molar refractivity (Wildman–Crippen MR) is 68.9 cm³/mol. The molecule has 0 saturated heterocycles. The molecule has 1 aromatic heterocycles. The third-order valence-electron chi connectivity index (χ3n) is 3.35. The second-order valence-corrected chi connectivity index (χ2v) is 5.00. The maximum atomic E-state index is 12.7. The Hall–Kier alpha value is -1.82. The molecule has 0 amide bonds. The number of H-pyrrole nitrogens is 1. The standard InChI is InChI=1S/C14H14F3N3/c15-14(16,17)11-3-1-2-9(6-11)13-10(8-19-20-13)7-18-12-4-5-12/h1-3,6,8,12,18H,4-5,7H2,(H,19,20). The number of hydrogen-bond acceptors (Lipinski definition) is 2. The van der Waals surface area contributed by atoms with Crippen molar-refractivity contribution in [2.24, 2.45) is 0 Å². The Morgan fingerprint density at radius 3 is 2.80 bits per heavy atom. The zero-order valence-corrected chi connectivity index (χ0v) is 10.7. The quantitative estimate of drug-likeness (QED) is 0.902. The maximum absolute atomic E-state index is 12.7. The zero-order chi connectivity index (χ0) is 14.2. The van der Waals surface area contributed by atoms with Crippen molar-refractivity contribution in [3.05, 3.63) is 41.6 Å². The summed E-state index contributed by atoms with van der Waals surface area (Å²) < 4.78 is 38.2. The molecule has 1 aliphatic rings. The molecule has 1 fully saturated rings. The molecule has 0 aliphatic heterocycles. The maximum Gasteiger partial charge on any atom is 0.416 e. The number of benzene rings is 1. The van der Waals surface area contributed by atoms with E-state index in [1.54, 1.807) is 12.3 Å². The number of hydrogen-bond donors (Lipinski definition) is 2. The zero-order valence-electron chi connectivity index (χ0n) is 10.7. The van der Waals surface area contributed by atoms with Crippen molar-refractivity contribution in [1.29, 1.82) is 0 Å². The van der Waals surface area contributed by atoms with Crippen molar-refractivity contribution in [2.45, 2.75) is 31.6 Å². The van der Waals surface area contributed by atoms with E-state index in [0.29, 0.717) is 23.8 Å². The Morgan fingerprint density at radius 1 is 1.30 bits per heavy atom. The number of nitrogens with one attached hydrogen (secondary N) is 2. The fourth-order valence-electron chi connectivity index (χ4n) is 2.09. The Bertz CT molecular complexity index is 600. The highest BCUT2D eigenvalue weighted by atomic mass is 19.4. The second-order valence-electron chi connectivity index (χ2n) is 5.00. The smallest absolute Gasteiger partial charge is 0.310 e. The summed E-state index contributed by atoms with van der Waals surface area (Å²) in [6, 6.07) is 5.83. The van der Waals surface area contributed by atoms with Crippen LogP contribution >= 0.6 is 0 Å². The number of rotatable bonds is 4. The van der Waals surface area contributed by atoms with E-state index in [2.05, 4.69) is 15.5 Å². The lowest BCUT2D eigenvalue weighted by molar-refractivity contribution is -0.137. The van der Waals surface area contributed by atoms with Crippen LogP contribution in [0.1, 0.15) is 24.0 Å². The van der Waals surface area contributed by atoms with Crippen LogP contribution in [0, 0.1) is 0 Å². The first-order chi connectivity index (χ1) is 9.54. The van der Waals surface area contributed by atoms with Gasteiger partial charge < -0.3 is 5.32 Å². The van der Waals surface area contributed by atoms with Crippen LogP contribution < -0.4 is 5.32 Å². The van der Waals surface area contributed by atoms with Gasteiger partial charge in [0.1, 0.15) is 0 Å². The van der Waals surface area contributed by atoms with Gasteiger partial charge in [0.25, 0.3) is 0 Å². The van der Waals surface area contributed by atoms with Crippen molar-refractivity contribution in [1.82, 2.24) is 15.5 Å². The Morgan fingerprint density at radius 2 is 2.10 bits per heavy atom. The number of nitrogens with zero attached hydrogens (tertiary/aromatic N) is 1. The minimum absolute atomic E-state index is 0.505. The normalized spacial score (nSPS) is 15.6. The van der Waals surface area contributed by atoms with Gasteiger partial charge in [0.05, 0.1) is 17.5 Å². The van der Waals surface area contributed by atoms with Gasteiger partial charge in [0, 0.05) is 23.7 Å². The fourth-order valence-corrected chi connectivity index (χ4v) is 2.09. The molecule has 1 heterocycles. The first kappa shape index (κ1) is 13.2. The molecule has 0 bridgehead atoms. The summed E-state index contributed by atoms with van der Waals surface area (Å²) in [6.45, 7) is 0.618. The summed E-state index contributed by atoms with van der Waals surface area (Å²) in [7, 11) is 0. The number of aromatic nitrogens is 2. The number of halogens is 3. The highest BCUT2D eigenvalue weighted by molar-refractivity contribution is 5.63. The molecule has 2 aromatic rings. The van der Waals surface area contributed by atoms with E-state index >= 15 is 0 Å². The minimum Gasteiger partial charge on any atom is -0.310 e. The van der Waals surface area contributed by atoms with Crippen LogP contribution in [0.4, 0.5) is 13.2 Å². The van der Waals surface area contributed by atoms with Gasteiger partial charge >= 0.3 is 6.18 Å². The van der Waals surface area contributed by atoms with Crippen molar-refractivity contribution in [3.8, 4) is 11.3 Å². The van der Waals surface area contributed by atoms with Crippen LogP contribution in [0.3, 0.4) is 0 Å². The van der Waals surface area contributed by atoms with Gasteiger partial charge in [0.2, 0.25) is 0 Å². The molecule has 2 N–H and O–H groups in total. The summed E-state index contributed by atoms with van der Waals surface area (Å²) in [5.74, 6) is 0. The molecule has 1 saturated carbocycles. The van der Waals surface area contributed by atoms with E-state index in [9.17, 15) is 13.2 Å². The third kappa shape index (κ3) is 2.85. The molecule has 0 atom stereocenters. The van der Waals surface area contributed by atoms with Crippen LogP contribution in [0.5, 0.6) is 0 Å². The fraction of sp³-hybridized carbons (Fsp3) is 0.357. The molecule has 20 heavy (non-hydrogen) atoms. The summed E-state index contributed by atoms with van der Waals surface area (Å²) in [4.78, 5) is 0. The van der Waals surface area contributed by atoms with E-state index < -0.39 is 11.7 Å². The lowest BCUT2D eigenvalue weighted by Gasteiger charge is -2.09. The van der Waals surface area contributed by atoms with Crippen molar-refractivity contribution in [2.75, 3.05) is 0 Å². The van der Waals surface area contributed by atoms with E-state index in [0.717, 1.165) is 30.5 Å². The summed E-state index contributed by atoms with van der Waals surface area (Å²) in [5.41, 5.74) is 1.39. The van der Waals surface area contributed by atoms with E-state index in [-0.39, 0.29) is 0 Å². The molecule has 0 unspecified atom stereocenters. The van der Waals surface area contributed by atoms with Gasteiger partial charge in [-0.2, -0.15) is 18.3 Å².